The van der Waals surface area contributed by atoms with Crippen molar-refractivity contribution in [3.8, 4) is 0 Å². The Labute approximate surface area is 161 Å². The Morgan fingerprint density at radius 2 is 1.92 bits per heavy atom. The van der Waals surface area contributed by atoms with E-state index in [1.165, 1.54) is 22.7 Å². The van der Waals surface area contributed by atoms with E-state index in [-0.39, 0.29) is 5.91 Å². The van der Waals surface area contributed by atoms with Crippen molar-refractivity contribution in [2.24, 2.45) is 0 Å². The first-order valence-electron chi connectivity index (χ1n) is 7.66. The van der Waals surface area contributed by atoms with Crippen molar-refractivity contribution in [2.45, 2.75) is 6.54 Å². The van der Waals surface area contributed by atoms with Crippen LogP contribution in [0.1, 0.15) is 15.2 Å². The average Bonchev–Trinajstić information content (AvgIpc) is 3.29. The summed E-state index contributed by atoms with van der Waals surface area (Å²) in [5.74, 6) is -0.0167. The molecule has 0 aliphatic heterocycles. The molecule has 124 valence electrons. The lowest BCUT2D eigenvalue weighted by atomic mass is 10.2. The van der Waals surface area contributed by atoms with Crippen LogP contribution in [0.15, 0.2) is 70.5 Å². The highest BCUT2D eigenvalue weighted by Crippen LogP contribution is 2.32. The molecule has 2 heterocycles. The highest BCUT2D eigenvalue weighted by Gasteiger charge is 2.22. The predicted molar refractivity (Wildman–Crippen MR) is 109 cm³/mol. The summed E-state index contributed by atoms with van der Waals surface area (Å²) in [6, 6.07) is 19.7. The number of hydrogen-bond acceptors (Lipinski definition) is 4. The number of benzene rings is 2. The lowest BCUT2D eigenvalue weighted by molar-refractivity contribution is 0.0989. The van der Waals surface area contributed by atoms with E-state index in [0.717, 1.165) is 30.3 Å². The molecule has 0 bridgehead atoms. The number of anilines is 1. The number of aromatic nitrogens is 1. The van der Waals surface area contributed by atoms with Gasteiger partial charge < -0.3 is 0 Å². The number of nitrogens with zero attached hydrogens (tertiary/aromatic N) is 2. The van der Waals surface area contributed by atoms with Crippen LogP contribution in [0.4, 0.5) is 5.13 Å². The molecule has 0 N–H and O–H groups in total. The van der Waals surface area contributed by atoms with Crippen molar-refractivity contribution in [3.63, 3.8) is 0 Å². The molecule has 4 aromatic rings. The van der Waals surface area contributed by atoms with E-state index >= 15 is 0 Å². The number of thiophene rings is 1. The molecule has 0 saturated heterocycles. The third-order valence-corrected chi connectivity index (χ3v) is 6.12. The van der Waals surface area contributed by atoms with Crippen LogP contribution in [0.3, 0.4) is 0 Å². The molecular formula is C19H13BrN2OS2. The Morgan fingerprint density at radius 3 is 2.68 bits per heavy atom. The molecule has 1 amide bonds. The molecule has 0 spiro atoms. The van der Waals surface area contributed by atoms with Crippen molar-refractivity contribution < 1.29 is 4.79 Å². The van der Waals surface area contributed by atoms with Crippen LogP contribution in [0.25, 0.3) is 10.2 Å². The molecule has 3 nitrogen and oxygen atoms in total. The molecular weight excluding hydrogens is 416 g/mol. The maximum atomic E-state index is 13.0. The van der Waals surface area contributed by atoms with E-state index in [1.54, 1.807) is 4.90 Å². The van der Waals surface area contributed by atoms with E-state index in [1.807, 2.05) is 66.0 Å². The molecule has 0 unspecified atom stereocenters. The summed E-state index contributed by atoms with van der Waals surface area (Å²) in [5.41, 5.74) is 1.98. The number of rotatable bonds is 4. The second kappa shape index (κ2) is 7.07. The van der Waals surface area contributed by atoms with Crippen LogP contribution in [-0.4, -0.2) is 10.9 Å². The highest BCUT2D eigenvalue weighted by molar-refractivity contribution is 9.10. The van der Waals surface area contributed by atoms with Gasteiger partial charge >= 0.3 is 0 Å². The maximum absolute atomic E-state index is 13.0. The van der Waals surface area contributed by atoms with Crippen LogP contribution in [0, 0.1) is 0 Å². The summed E-state index contributed by atoms with van der Waals surface area (Å²) in [6.07, 6.45) is 0. The second-order valence-corrected chi connectivity index (χ2v) is 8.34. The highest BCUT2D eigenvalue weighted by atomic mass is 79.9. The molecule has 0 atom stereocenters. The van der Waals surface area contributed by atoms with Crippen LogP contribution in [0.5, 0.6) is 0 Å². The summed E-state index contributed by atoms with van der Waals surface area (Å²) < 4.78 is 2.07. The van der Waals surface area contributed by atoms with Crippen LogP contribution in [0.2, 0.25) is 0 Å². The summed E-state index contributed by atoms with van der Waals surface area (Å²) in [5, 5.41) is 2.64. The smallest absolute Gasteiger partial charge is 0.270 e. The second-order valence-electron chi connectivity index (χ2n) is 5.46. The number of halogens is 1. The number of carbonyl (C=O) groups is 1. The third kappa shape index (κ3) is 3.51. The van der Waals surface area contributed by atoms with Gasteiger partial charge in [0.05, 0.1) is 21.6 Å². The molecule has 0 fully saturated rings. The minimum atomic E-state index is -0.0167. The fourth-order valence-corrected chi connectivity index (χ4v) is 4.71. The number of hydrogen-bond donors (Lipinski definition) is 0. The fraction of sp³-hybridized carbons (Fsp3) is 0.0526. The molecule has 0 aliphatic rings. The summed E-state index contributed by atoms with van der Waals surface area (Å²) in [7, 11) is 0. The van der Waals surface area contributed by atoms with Crippen molar-refractivity contribution in [2.75, 3.05) is 4.90 Å². The van der Waals surface area contributed by atoms with E-state index < -0.39 is 0 Å². The average molecular weight is 429 g/mol. The van der Waals surface area contributed by atoms with Gasteiger partial charge in [0.2, 0.25) is 0 Å². The van der Waals surface area contributed by atoms with Crippen molar-refractivity contribution in [3.05, 3.63) is 81.0 Å². The third-order valence-electron chi connectivity index (χ3n) is 3.73. The first-order valence-corrected chi connectivity index (χ1v) is 10.1. The van der Waals surface area contributed by atoms with E-state index in [0.29, 0.717) is 6.54 Å². The van der Waals surface area contributed by atoms with Gasteiger partial charge in [-0.15, -0.1) is 11.3 Å². The summed E-state index contributed by atoms with van der Waals surface area (Å²) in [6.45, 7) is 0.499. The van der Waals surface area contributed by atoms with Crippen LogP contribution >= 0.6 is 38.6 Å². The van der Waals surface area contributed by atoms with Crippen LogP contribution < -0.4 is 4.90 Å². The Hall–Kier alpha value is -2.02. The van der Waals surface area contributed by atoms with Crippen molar-refractivity contribution in [1.82, 2.24) is 4.98 Å². The topological polar surface area (TPSA) is 33.2 Å². The molecule has 4 rings (SSSR count). The molecule has 0 aliphatic carbocycles. The number of carbonyl (C=O) groups excluding carboxylic acids is 1. The van der Waals surface area contributed by atoms with Gasteiger partial charge in [0.15, 0.2) is 5.13 Å². The van der Waals surface area contributed by atoms with Crippen molar-refractivity contribution >= 4 is 59.9 Å². The van der Waals surface area contributed by atoms with Crippen LogP contribution in [-0.2, 0) is 6.54 Å². The minimum Gasteiger partial charge on any atom is -0.279 e. The summed E-state index contributed by atoms with van der Waals surface area (Å²) in [4.78, 5) is 20.2. The molecule has 25 heavy (non-hydrogen) atoms. The van der Waals surface area contributed by atoms with Gasteiger partial charge in [0, 0.05) is 4.47 Å². The standard InChI is InChI=1S/C19H13BrN2OS2/c20-14-8-9-15-17(11-14)25-19(21-15)22(12-13-5-2-1-3-6-13)18(23)16-7-4-10-24-16/h1-11H,12H2. The van der Waals surface area contributed by atoms with Gasteiger partial charge in [-0.05, 0) is 35.2 Å². The minimum absolute atomic E-state index is 0.0167. The van der Waals surface area contributed by atoms with E-state index in [4.69, 9.17) is 0 Å². The Bertz CT molecular complexity index is 1010. The van der Waals surface area contributed by atoms with Gasteiger partial charge in [-0.2, -0.15) is 0 Å². The number of thiazole rings is 1. The quantitative estimate of drug-likeness (QED) is 0.401. The molecule has 2 aromatic carbocycles. The summed E-state index contributed by atoms with van der Waals surface area (Å²) >= 11 is 6.48. The first-order chi connectivity index (χ1) is 12.2. The zero-order chi connectivity index (χ0) is 17.2. The van der Waals surface area contributed by atoms with E-state index in [9.17, 15) is 4.79 Å². The van der Waals surface area contributed by atoms with Gasteiger partial charge in [-0.25, -0.2) is 4.98 Å². The van der Waals surface area contributed by atoms with Gasteiger partial charge in [0.25, 0.3) is 5.91 Å². The zero-order valence-corrected chi connectivity index (χ0v) is 16.3. The monoisotopic (exact) mass is 428 g/mol. The number of fused-ring (bicyclic) bond motifs is 1. The Kier molecular flexibility index (Phi) is 4.65. The molecule has 2 aromatic heterocycles. The van der Waals surface area contributed by atoms with Gasteiger partial charge in [0.1, 0.15) is 0 Å². The molecule has 6 heteroatoms. The predicted octanol–water partition coefficient (Wildman–Crippen LogP) is 5.97. The van der Waals surface area contributed by atoms with Gasteiger partial charge in [-0.1, -0.05) is 63.7 Å². The largest absolute Gasteiger partial charge is 0.279 e. The number of amides is 1. The van der Waals surface area contributed by atoms with Crippen molar-refractivity contribution in [1.29, 1.82) is 0 Å². The lowest BCUT2D eigenvalue weighted by Gasteiger charge is -2.19. The SMILES string of the molecule is O=C(c1cccs1)N(Cc1ccccc1)c1nc2ccc(Br)cc2s1. The zero-order valence-electron chi connectivity index (χ0n) is 13.1. The lowest BCUT2D eigenvalue weighted by Crippen LogP contribution is -2.29. The van der Waals surface area contributed by atoms with E-state index in [2.05, 4.69) is 20.9 Å². The van der Waals surface area contributed by atoms with Gasteiger partial charge in [-0.3, -0.25) is 9.69 Å². The Morgan fingerprint density at radius 1 is 1.08 bits per heavy atom. The molecule has 0 radical (unpaired) electrons. The Balaban J connectivity index is 1.76. The maximum Gasteiger partial charge on any atom is 0.270 e. The first kappa shape index (κ1) is 16.4. The molecule has 0 saturated carbocycles. The fourth-order valence-electron chi connectivity index (χ4n) is 2.53. The normalized spacial score (nSPS) is 10.9.